The molecule has 1 N–H and O–H groups in total. The van der Waals surface area contributed by atoms with Gasteiger partial charge in [0.2, 0.25) is 0 Å². The summed E-state index contributed by atoms with van der Waals surface area (Å²) < 4.78 is 0. The molecule has 0 aliphatic heterocycles. The van der Waals surface area contributed by atoms with Gasteiger partial charge in [0.15, 0.2) is 0 Å². The molecule has 0 saturated heterocycles. The van der Waals surface area contributed by atoms with E-state index in [0.29, 0.717) is 6.42 Å². The summed E-state index contributed by atoms with van der Waals surface area (Å²) in [6.45, 7) is 4.54. The van der Waals surface area contributed by atoms with Crippen LogP contribution in [0, 0.1) is 11.8 Å². The average Bonchev–Trinajstić information content (AvgIpc) is 2.49. The van der Waals surface area contributed by atoms with E-state index in [0.717, 1.165) is 25.5 Å². The zero-order chi connectivity index (χ0) is 15.3. The molecule has 0 fully saturated rings. The Morgan fingerprint density at radius 3 is 1.80 bits per heavy atom. The van der Waals surface area contributed by atoms with Crippen molar-refractivity contribution in [3.63, 3.8) is 0 Å². The summed E-state index contributed by atoms with van der Waals surface area (Å²) in [6, 6.07) is 0. The molecule has 0 aromatic rings. The molecule has 0 spiro atoms. The molecule has 0 atom stereocenters. The fourth-order valence-electron chi connectivity index (χ4n) is 1.56. The van der Waals surface area contributed by atoms with Gasteiger partial charge in [-0.3, -0.25) is 0 Å². The van der Waals surface area contributed by atoms with Crippen LogP contribution in [0.1, 0.15) is 90.9 Å². The molecular formula is C18H34O2. The molecule has 0 aliphatic rings. The molecule has 0 radical (unpaired) electrons. The second-order valence-corrected chi connectivity index (χ2v) is 5.01. The normalized spacial score (nSPS) is 9.15. The Hall–Kier alpha value is -0.810. The number of aldehydes is 1. The zero-order valence-corrected chi connectivity index (χ0v) is 13.6. The van der Waals surface area contributed by atoms with Crippen molar-refractivity contribution in [1.29, 1.82) is 0 Å². The van der Waals surface area contributed by atoms with Gasteiger partial charge >= 0.3 is 0 Å². The number of hydrogen-bond donors (Lipinski definition) is 1. The van der Waals surface area contributed by atoms with Crippen LogP contribution in [0.25, 0.3) is 0 Å². The van der Waals surface area contributed by atoms with E-state index in [2.05, 4.69) is 25.7 Å². The van der Waals surface area contributed by atoms with E-state index in [-0.39, 0.29) is 6.61 Å². The van der Waals surface area contributed by atoms with Gasteiger partial charge in [-0.05, 0) is 12.8 Å². The second kappa shape index (κ2) is 23.3. The van der Waals surface area contributed by atoms with Gasteiger partial charge in [0.05, 0.1) is 6.61 Å². The van der Waals surface area contributed by atoms with Gasteiger partial charge < -0.3 is 9.90 Å². The van der Waals surface area contributed by atoms with Crippen LogP contribution in [0.15, 0.2) is 0 Å². The molecule has 0 aromatic heterocycles. The summed E-state index contributed by atoms with van der Waals surface area (Å²) in [5, 5.41) is 8.50. The van der Waals surface area contributed by atoms with E-state index in [1.165, 1.54) is 51.4 Å². The number of rotatable bonds is 11. The van der Waals surface area contributed by atoms with Crippen LogP contribution in [-0.2, 0) is 4.79 Å². The summed E-state index contributed by atoms with van der Waals surface area (Å²) in [7, 11) is 0. The minimum absolute atomic E-state index is 0.174. The van der Waals surface area contributed by atoms with E-state index in [1.807, 2.05) is 0 Å². The van der Waals surface area contributed by atoms with E-state index in [9.17, 15) is 4.79 Å². The lowest BCUT2D eigenvalue weighted by Gasteiger charge is -1.98. The highest BCUT2D eigenvalue weighted by molar-refractivity contribution is 5.48. The van der Waals surface area contributed by atoms with Crippen molar-refractivity contribution < 1.29 is 9.90 Å². The van der Waals surface area contributed by atoms with Crippen molar-refractivity contribution in [1.82, 2.24) is 0 Å². The Bertz CT molecular complexity index is 223. The van der Waals surface area contributed by atoms with Crippen LogP contribution in [0.2, 0.25) is 0 Å². The first-order chi connectivity index (χ1) is 9.83. The molecule has 0 unspecified atom stereocenters. The number of carbonyl (C=O) groups is 1. The molecule has 0 heterocycles. The first kappa shape index (κ1) is 21.5. The van der Waals surface area contributed by atoms with Gasteiger partial charge in [-0.25, -0.2) is 0 Å². The third-order valence-electron chi connectivity index (χ3n) is 2.99. The van der Waals surface area contributed by atoms with Crippen LogP contribution >= 0.6 is 0 Å². The van der Waals surface area contributed by atoms with Gasteiger partial charge in [-0.2, -0.15) is 0 Å². The van der Waals surface area contributed by atoms with E-state index < -0.39 is 0 Å². The molecular weight excluding hydrogens is 248 g/mol. The zero-order valence-electron chi connectivity index (χ0n) is 13.6. The van der Waals surface area contributed by atoms with Crippen molar-refractivity contribution >= 4 is 6.29 Å². The predicted molar refractivity (Wildman–Crippen MR) is 87.7 cm³/mol. The lowest BCUT2D eigenvalue weighted by atomic mass is 10.1. The smallest absolute Gasteiger partial charge is 0.119 e. The first-order valence-corrected chi connectivity index (χ1v) is 8.33. The van der Waals surface area contributed by atoms with Crippen molar-refractivity contribution in [2.24, 2.45) is 0 Å². The highest BCUT2D eigenvalue weighted by Gasteiger charge is 1.90. The molecule has 0 amide bonds. The Labute approximate surface area is 126 Å². The van der Waals surface area contributed by atoms with Crippen molar-refractivity contribution in [2.75, 3.05) is 6.61 Å². The molecule has 0 rings (SSSR count). The average molecular weight is 282 g/mol. The molecule has 0 aliphatic carbocycles. The van der Waals surface area contributed by atoms with Gasteiger partial charge in [-0.15, -0.1) is 11.8 Å². The monoisotopic (exact) mass is 282 g/mol. The topological polar surface area (TPSA) is 37.3 Å². The quantitative estimate of drug-likeness (QED) is 0.333. The van der Waals surface area contributed by atoms with Crippen molar-refractivity contribution in [2.45, 2.75) is 90.9 Å². The van der Waals surface area contributed by atoms with Gasteiger partial charge in [-0.1, -0.05) is 58.8 Å². The van der Waals surface area contributed by atoms with E-state index >= 15 is 0 Å². The fraction of sp³-hybridized carbons (Fsp3) is 0.833. The molecule has 0 bridgehead atoms. The highest BCUT2D eigenvalue weighted by Crippen LogP contribution is 2.08. The maximum atomic E-state index is 10.1. The molecule has 118 valence electrons. The Morgan fingerprint density at radius 2 is 1.30 bits per heavy atom. The molecule has 2 nitrogen and oxygen atoms in total. The maximum absolute atomic E-state index is 10.1. The van der Waals surface area contributed by atoms with Crippen LogP contribution in [-0.4, -0.2) is 18.0 Å². The van der Waals surface area contributed by atoms with Gasteiger partial charge in [0.25, 0.3) is 0 Å². The lowest BCUT2D eigenvalue weighted by molar-refractivity contribution is -0.107. The third kappa shape index (κ3) is 25.9. The van der Waals surface area contributed by atoms with Crippen LogP contribution in [0.3, 0.4) is 0 Å². The standard InChI is InChI=1S/C14H24O2.C4H10/c15-13-11-9-7-5-3-1-2-4-6-8-10-12-14-16;1-3-4-2/h13,16H,1-7,9,11-12,14H2;3-4H2,1-2H3. The Morgan fingerprint density at radius 1 is 0.800 bits per heavy atom. The number of unbranched alkanes of at least 4 members (excludes halogenated alkanes) is 9. The molecule has 0 saturated carbocycles. The predicted octanol–water partition coefficient (Wildman–Crippen LogP) is 4.89. The Kier molecular flexibility index (Phi) is 25.0. The van der Waals surface area contributed by atoms with Crippen LogP contribution in [0.5, 0.6) is 0 Å². The summed E-state index contributed by atoms with van der Waals surface area (Å²) in [5.74, 6) is 5.98. The highest BCUT2D eigenvalue weighted by atomic mass is 16.2. The van der Waals surface area contributed by atoms with Gasteiger partial charge in [0, 0.05) is 19.3 Å². The van der Waals surface area contributed by atoms with Gasteiger partial charge in [0.1, 0.15) is 6.29 Å². The van der Waals surface area contributed by atoms with Crippen molar-refractivity contribution in [3.8, 4) is 11.8 Å². The third-order valence-corrected chi connectivity index (χ3v) is 2.99. The van der Waals surface area contributed by atoms with E-state index in [1.54, 1.807) is 0 Å². The maximum Gasteiger partial charge on any atom is 0.119 e. The minimum Gasteiger partial charge on any atom is -0.395 e. The lowest BCUT2D eigenvalue weighted by Crippen LogP contribution is -1.82. The van der Waals surface area contributed by atoms with Crippen LogP contribution < -0.4 is 0 Å². The SMILES string of the molecule is CCCC.O=CCCCCCCCCCC#CCCO. The number of aliphatic hydroxyl groups is 1. The number of hydrogen-bond acceptors (Lipinski definition) is 2. The second-order valence-electron chi connectivity index (χ2n) is 5.01. The summed E-state index contributed by atoms with van der Waals surface area (Å²) in [4.78, 5) is 10.1. The Balaban J connectivity index is 0. The molecule has 0 aromatic carbocycles. The molecule has 20 heavy (non-hydrogen) atoms. The van der Waals surface area contributed by atoms with Crippen molar-refractivity contribution in [3.05, 3.63) is 0 Å². The number of aliphatic hydroxyl groups excluding tert-OH is 1. The summed E-state index contributed by atoms with van der Waals surface area (Å²) >= 11 is 0. The van der Waals surface area contributed by atoms with Crippen LogP contribution in [0.4, 0.5) is 0 Å². The summed E-state index contributed by atoms with van der Waals surface area (Å²) in [5.41, 5.74) is 0. The summed E-state index contributed by atoms with van der Waals surface area (Å²) in [6.07, 6.45) is 14.4. The van der Waals surface area contributed by atoms with E-state index in [4.69, 9.17) is 5.11 Å². The minimum atomic E-state index is 0.174. The fourth-order valence-corrected chi connectivity index (χ4v) is 1.56. The molecule has 2 heteroatoms. The largest absolute Gasteiger partial charge is 0.395 e. The number of carbonyl (C=O) groups excluding carboxylic acids is 1. The first-order valence-electron chi connectivity index (χ1n) is 8.33.